The van der Waals surface area contributed by atoms with E-state index in [0.717, 1.165) is 16.6 Å². The maximum atomic E-state index is 5.31. The predicted octanol–water partition coefficient (Wildman–Crippen LogP) is 2.35. The van der Waals surface area contributed by atoms with Crippen LogP contribution in [-0.2, 0) is 4.74 Å². The highest BCUT2D eigenvalue weighted by atomic mass is 16.5. The van der Waals surface area contributed by atoms with Gasteiger partial charge < -0.3 is 9.47 Å². The second-order valence-corrected chi connectivity index (χ2v) is 3.50. The van der Waals surface area contributed by atoms with Crippen LogP contribution in [0.3, 0.4) is 0 Å². The minimum atomic E-state index is -0.00916. The van der Waals surface area contributed by atoms with Crippen molar-refractivity contribution < 1.29 is 9.47 Å². The standard InChI is InChI=1S/C12H14N2O2/c1-8(15-2)9-6-7-13-10-4-5-11(16-3)14-12(9)10/h4-8H,1-3H3. The Kier molecular flexibility index (Phi) is 3.01. The first-order chi connectivity index (χ1) is 7.76. The van der Waals surface area contributed by atoms with Gasteiger partial charge in [0.05, 0.1) is 24.2 Å². The molecule has 0 bridgehead atoms. The van der Waals surface area contributed by atoms with Crippen molar-refractivity contribution >= 4 is 11.0 Å². The molecule has 0 aliphatic carbocycles. The molecule has 0 amide bonds. The number of methoxy groups -OCH3 is 2. The average Bonchev–Trinajstić information content (AvgIpc) is 2.36. The summed E-state index contributed by atoms with van der Waals surface area (Å²) in [6.45, 7) is 1.98. The molecule has 0 fully saturated rings. The summed E-state index contributed by atoms with van der Waals surface area (Å²) in [5.41, 5.74) is 2.70. The Bertz CT molecular complexity index is 499. The normalized spacial score (nSPS) is 12.7. The molecule has 2 heterocycles. The van der Waals surface area contributed by atoms with Gasteiger partial charge in [-0.1, -0.05) is 0 Å². The van der Waals surface area contributed by atoms with Crippen LogP contribution in [0.25, 0.3) is 11.0 Å². The van der Waals surface area contributed by atoms with Gasteiger partial charge in [0.15, 0.2) is 0 Å². The molecule has 84 valence electrons. The summed E-state index contributed by atoms with van der Waals surface area (Å²) in [4.78, 5) is 8.66. The molecule has 0 N–H and O–H groups in total. The zero-order valence-corrected chi connectivity index (χ0v) is 9.60. The quantitative estimate of drug-likeness (QED) is 0.793. The van der Waals surface area contributed by atoms with Gasteiger partial charge in [-0.25, -0.2) is 4.98 Å². The maximum absolute atomic E-state index is 5.31. The maximum Gasteiger partial charge on any atom is 0.213 e. The van der Waals surface area contributed by atoms with Gasteiger partial charge in [-0.3, -0.25) is 4.98 Å². The van der Waals surface area contributed by atoms with E-state index in [1.165, 1.54) is 0 Å². The van der Waals surface area contributed by atoms with E-state index in [1.807, 2.05) is 19.1 Å². The van der Waals surface area contributed by atoms with E-state index in [0.29, 0.717) is 5.88 Å². The van der Waals surface area contributed by atoms with Gasteiger partial charge in [0.2, 0.25) is 5.88 Å². The first kappa shape index (κ1) is 10.8. The molecule has 0 saturated carbocycles. The lowest BCUT2D eigenvalue weighted by atomic mass is 10.1. The second-order valence-electron chi connectivity index (χ2n) is 3.50. The van der Waals surface area contributed by atoms with E-state index >= 15 is 0 Å². The lowest BCUT2D eigenvalue weighted by molar-refractivity contribution is 0.120. The molecule has 0 aliphatic heterocycles. The number of aromatic nitrogens is 2. The molecule has 4 nitrogen and oxygen atoms in total. The minimum Gasteiger partial charge on any atom is -0.481 e. The van der Waals surface area contributed by atoms with Crippen LogP contribution in [0.5, 0.6) is 5.88 Å². The monoisotopic (exact) mass is 218 g/mol. The molecule has 0 spiro atoms. The molecule has 2 aromatic rings. The van der Waals surface area contributed by atoms with Gasteiger partial charge in [-0.2, -0.15) is 0 Å². The highest BCUT2D eigenvalue weighted by Crippen LogP contribution is 2.24. The van der Waals surface area contributed by atoms with E-state index in [4.69, 9.17) is 9.47 Å². The molecule has 1 unspecified atom stereocenters. The van der Waals surface area contributed by atoms with Gasteiger partial charge >= 0.3 is 0 Å². The topological polar surface area (TPSA) is 44.2 Å². The number of ether oxygens (including phenoxy) is 2. The van der Waals surface area contributed by atoms with Crippen LogP contribution < -0.4 is 4.74 Å². The van der Waals surface area contributed by atoms with E-state index in [2.05, 4.69) is 9.97 Å². The van der Waals surface area contributed by atoms with Crippen LogP contribution in [-0.4, -0.2) is 24.2 Å². The van der Waals surface area contributed by atoms with Crippen molar-refractivity contribution in [3.05, 3.63) is 30.0 Å². The number of nitrogens with zero attached hydrogens (tertiary/aromatic N) is 2. The minimum absolute atomic E-state index is 0.00916. The Morgan fingerprint density at radius 1 is 1.19 bits per heavy atom. The van der Waals surface area contributed by atoms with Crippen molar-refractivity contribution in [2.75, 3.05) is 14.2 Å². The fourth-order valence-corrected chi connectivity index (χ4v) is 1.60. The summed E-state index contributed by atoms with van der Waals surface area (Å²) < 4.78 is 10.4. The highest BCUT2D eigenvalue weighted by molar-refractivity contribution is 5.78. The summed E-state index contributed by atoms with van der Waals surface area (Å²) in [6.07, 6.45) is 1.76. The molecular formula is C12H14N2O2. The van der Waals surface area contributed by atoms with Crippen LogP contribution in [0.1, 0.15) is 18.6 Å². The van der Waals surface area contributed by atoms with Gasteiger partial charge in [0.1, 0.15) is 0 Å². The molecule has 0 aromatic carbocycles. The third kappa shape index (κ3) is 1.84. The molecular weight excluding hydrogens is 204 g/mol. The van der Waals surface area contributed by atoms with Crippen LogP contribution in [0.2, 0.25) is 0 Å². The van der Waals surface area contributed by atoms with Gasteiger partial charge in [0.25, 0.3) is 0 Å². The molecule has 2 aromatic heterocycles. The smallest absolute Gasteiger partial charge is 0.213 e. The molecule has 0 radical (unpaired) electrons. The summed E-state index contributed by atoms with van der Waals surface area (Å²) in [7, 11) is 3.28. The Morgan fingerprint density at radius 3 is 2.69 bits per heavy atom. The van der Waals surface area contributed by atoms with E-state index in [9.17, 15) is 0 Å². The summed E-state index contributed by atoms with van der Waals surface area (Å²) in [5, 5.41) is 0. The van der Waals surface area contributed by atoms with Crippen molar-refractivity contribution in [3.8, 4) is 5.88 Å². The van der Waals surface area contributed by atoms with Crippen LogP contribution in [0, 0.1) is 0 Å². The number of fused-ring (bicyclic) bond motifs is 1. The van der Waals surface area contributed by atoms with Crippen molar-refractivity contribution in [2.24, 2.45) is 0 Å². The van der Waals surface area contributed by atoms with Gasteiger partial charge in [-0.15, -0.1) is 0 Å². The fraction of sp³-hybridized carbons (Fsp3) is 0.333. The first-order valence-corrected chi connectivity index (χ1v) is 5.08. The van der Waals surface area contributed by atoms with E-state index in [1.54, 1.807) is 26.5 Å². The average molecular weight is 218 g/mol. The zero-order chi connectivity index (χ0) is 11.5. The lowest BCUT2D eigenvalue weighted by Gasteiger charge is -2.12. The summed E-state index contributed by atoms with van der Waals surface area (Å²) in [6, 6.07) is 5.62. The van der Waals surface area contributed by atoms with Gasteiger partial charge in [-0.05, 0) is 19.1 Å². The number of pyridine rings is 2. The first-order valence-electron chi connectivity index (χ1n) is 5.08. The van der Waals surface area contributed by atoms with E-state index < -0.39 is 0 Å². The SMILES string of the molecule is COc1ccc2nccc(C(C)OC)c2n1. The third-order valence-corrected chi connectivity index (χ3v) is 2.59. The Morgan fingerprint density at radius 2 is 2.00 bits per heavy atom. The Labute approximate surface area is 94.2 Å². The van der Waals surface area contributed by atoms with Crippen molar-refractivity contribution in [1.82, 2.24) is 9.97 Å². The molecule has 0 saturated heterocycles. The molecule has 4 heteroatoms. The Balaban J connectivity index is 2.64. The largest absolute Gasteiger partial charge is 0.481 e. The van der Waals surface area contributed by atoms with Crippen molar-refractivity contribution in [1.29, 1.82) is 0 Å². The summed E-state index contributed by atoms with van der Waals surface area (Å²) >= 11 is 0. The van der Waals surface area contributed by atoms with Gasteiger partial charge in [0, 0.05) is 24.9 Å². The third-order valence-electron chi connectivity index (χ3n) is 2.59. The second kappa shape index (κ2) is 4.45. The van der Waals surface area contributed by atoms with Crippen molar-refractivity contribution in [2.45, 2.75) is 13.0 Å². The zero-order valence-electron chi connectivity index (χ0n) is 9.60. The van der Waals surface area contributed by atoms with Crippen LogP contribution in [0.4, 0.5) is 0 Å². The predicted molar refractivity (Wildman–Crippen MR) is 61.5 cm³/mol. The van der Waals surface area contributed by atoms with Crippen molar-refractivity contribution in [3.63, 3.8) is 0 Å². The molecule has 16 heavy (non-hydrogen) atoms. The molecule has 2 rings (SSSR count). The van der Waals surface area contributed by atoms with E-state index in [-0.39, 0.29) is 6.10 Å². The number of hydrogen-bond donors (Lipinski definition) is 0. The number of hydrogen-bond acceptors (Lipinski definition) is 4. The Hall–Kier alpha value is -1.68. The number of rotatable bonds is 3. The highest BCUT2D eigenvalue weighted by Gasteiger charge is 2.10. The summed E-state index contributed by atoms with van der Waals surface area (Å²) in [5.74, 6) is 0.588. The fourth-order valence-electron chi connectivity index (χ4n) is 1.60. The lowest BCUT2D eigenvalue weighted by Crippen LogP contribution is -2.00. The van der Waals surface area contributed by atoms with Crippen LogP contribution >= 0.6 is 0 Å². The molecule has 1 atom stereocenters. The van der Waals surface area contributed by atoms with Crippen LogP contribution in [0.15, 0.2) is 24.4 Å². The molecule has 0 aliphatic rings.